The summed E-state index contributed by atoms with van der Waals surface area (Å²) in [6.45, 7) is 6.44. The van der Waals surface area contributed by atoms with E-state index in [0.29, 0.717) is 38.8 Å². The first-order valence-corrected chi connectivity index (χ1v) is 11.1. The first-order chi connectivity index (χ1) is 15.2. The number of rotatable bonds is 11. The van der Waals surface area contributed by atoms with E-state index < -0.39 is 35.1 Å². The summed E-state index contributed by atoms with van der Waals surface area (Å²) in [5, 5.41) is 24.9. The van der Waals surface area contributed by atoms with E-state index in [9.17, 15) is 23.1 Å². The molecule has 0 aliphatic carbocycles. The van der Waals surface area contributed by atoms with Gasteiger partial charge in [-0.25, -0.2) is 0 Å². The van der Waals surface area contributed by atoms with Crippen LogP contribution < -0.4 is 5.56 Å². The van der Waals surface area contributed by atoms with Gasteiger partial charge < -0.3 is 5.11 Å². The number of aromatic nitrogens is 5. The van der Waals surface area contributed by atoms with E-state index in [-0.39, 0.29) is 11.3 Å². The molecule has 0 spiro atoms. The molecular formula is C19H28F3N7O2S. The fourth-order valence-corrected chi connectivity index (χ4v) is 3.34. The molecular weight excluding hydrogens is 447 g/mol. The van der Waals surface area contributed by atoms with Crippen molar-refractivity contribution in [3.8, 4) is 5.88 Å². The number of nitrogens with zero attached hydrogens (tertiary/aromatic N) is 7. The van der Waals surface area contributed by atoms with Crippen molar-refractivity contribution in [1.29, 1.82) is 0 Å². The fourth-order valence-electron chi connectivity index (χ4n) is 2.99. The normalized spacial score (nSPS) is 12.2. The topological polar surface area (TPSA) is 103 Å². The fraction of sp³-hybridized carbons (Fsp3) is 0.684. The highest BCUT2D eigenvalue weighted by Gasteiger charge is 2.38. The molecule has 32 heavy (non-hydrogen) atoms. The van der Waals surface area contributed by atoms with Crippen LogP contribution in [-0.2, 0) is 25.8 Å². The lowest BCUT2D eigenvalue weighted by molar-refractivity contribution is -0.147. The molecule has 2 aromatic heterocycles. The summed E-state index contributed by atoms with van der Waals surface area (Å²) >= 11 is 5.39. The Hall–Kier alpha value is -2.57. The van der Waals surface area contributed by atoms with Crippen molar-refractivity contribution in [3.05, 3.63) is 20.9 Å². The van der Waals surface area contributed by atoms with Gasteiger partial charge in [-0.1, -0.05) is 40.0 Å². The van der Waals surface area contributed by atoms with Crippen LogP contribution in [0.3, 0.4) is 0 Å². The van der Waals surface area contributed by atoms with Crippen LogP contribution in [0.2, 0.25) is 0 Å². The third-order valence-corrected chi connectivity index (χ3v) is 5.25. The highest BCUT2D eigenvalue weighted by atomic mass is 32.1. The van der Waals surface area contributed by atoms with Gasteiger partial charge in [0.2, 0.25) is 17.4 Å². The van der Waals surface area contributed by atoms with Crippen molar-refractivity contribution >= 4 is 23.9 Å². The Bertz CT molecular complexity index is 1060. The maximum atomic E-state index is 13.3. The summed E-state index contributed by atoms with van der Waals surface area (Å²) in [5.74, 6) is -2.06. The van der Waals surface area contributed by atoms with Crippen molar-refractivity contribution < 1.29 is 18.3 Å². The molecule has 0 aliphatic rings. The minimum atomic E-state index is -4.71. The van der Waals surface area contributed by atoms with Crippen LogP contribution in [0.25, 0.3) is 0 Å². The lowest BCUT2D eigenvalue weighted by atomic mass is 10.3. The van der Waals surface area contributed by atoms with Gasteiger partial charge in [-0.2, -0.15) is 13.2 Å². The van der Waals surface area contributed by atoms with E-state index in [1.54, 1.807) is 0 Å². The van der Waals surface area contributed by atoms with Gasteiger partial charge in [0.05, 0.1) is 0 Å². The zero-order chi connectivity index (χ0) is 23.9. The predicted octanol–water partition coefficient (Wildman–Crippen LogP) is 5.51. The van der Waals surface area contributed by atoms with Crippen molar-refractivity contribution in [2.24, 2.45) is 10.2 Å². The third kappa shape index (κ3) is 5.81. The largest absolute Gasteiger partial charge is 0.493 e. The van der Waals surface area contributed by atoms with E-state index >= 15 is 0 Å². The second kappa shape index (κ2) is 11.3. The van der Waals surface area contributed by atoms with Crippen LogP contribution in [0, 0.1) is 4.77 Å². The van der Waals surface area contributed by atoms with Gasteiger partial charge in [-0.05, 0) is 31.5 Å². The van der Waals surface area contributed by atoms with E-state index in [1.165, 1.54) is 9.13 Å². The van der Waals surface area contributed by atoms with Crippen LogP contribution in [0.5, 0.6) is 5.88 Å². The molecule has 13 heteroatoms. The number of azo groups is 1. The molecule has 0 saturated heterocycles. The molecule has 0 atom stereocenters. The van der Waals surface area contributed by atoms with Crippen LogP contribution in [0.1, 0.15) is 65.1 Å². The van der Waals surface area contributed by atoms with Crippen molar-refractivity contribution in [1.82, 2.24) is 23.9 Å². The molecule has 0 saturated carbocycles. The summed E-state index contributed by atoms with van der Waals surface area (Å²) < 4.78 is 43.5. The first kappa shape index (κ1) is 25.7. The van der Waals surface area contributed by atoms with Gasteiger partial charge in [-0.3, -0.25) is 18.5 Å². The average Bonchev–Trinajstić information content (AvgIpc) is 3.15. The Kier molecular flexibility index (Phi) is 9.10. The molecule has 178 valence electrons. The second-order valence-electron chi connectivity index (χ2n) is 7.30. The predicted molar refractivity (Wildman–Crippen MR) is 115 cm³/mol. The molecule has 0 aliphatic heterocycles. The molecule has 2 aromatic rings. The minimum absolute atomic E-state index is 0.0129. The van der Waals surface area contributed by atoms with Gasteiger partial charge in [0.15, 0.2) is 4.77 Å². The molecule has 2 rings (SSSR count). The van der Waals surface area contributed by atoms with E-state index in [0.717, 1.165) is 17.4 Å². The number of alkyl halides is 3. The monoisotopic (exact) mass is 475 g/mol. The Labute approximate surface area is 188 Å². The van der Waals surface area contributed by atoms with Crippen LogP contribution in [0.4, 0.5) is 24.8 Å². The third-order valence-electron chi connectivity index (χ3n) is 4.81. The Balaban J connectivity index is 2.60. The molecule has 0 aromatic carbocycles. The van der Waals surface area contributed by atoms with Crippen molar-refractivity contribution in [2.75, 3.05) is 0 Å². The molecule has 1 N–H and O–H groups in total. The number of halogens is 3. The van der Waals surface area contributed by atoms with E-state index in [4.69, 9.17) is 12.2 Å². The number of hydrogen-bond donors (Lipinski definition) is 1. The Morgan fingerprint density at radius 2 is 1.44 bits per heavy atom. The minimum Gasteiger partial charge on any atom is -0.493 e. The molecule has 0 radical (unpaired) electrons. The lowest BCUT2D eigenvalue weighted by Crippen LogP contribution is -2.25. The summed E-state index contributed by atoms with van der Waals surface area (Å²) in [5.41, 5.74) is -1.06. The summed E-state index contributed by atoms with van der Waals surface area (Å²) in [4.78, 5) is 12.9. The molecule has 0 fully saturated rings. The Morgan fingerprint density at radius 1 is 0.906 bits per heavy atom. The molecule has 0 amide bonds. The molecule has 0 bridgehead atoms. The van der Waals surface area contributed by atoms with Gasteiger partial charge in [0.25, 0.3) is 11.5 Å². The van der Waals surface area contributed by atoms with Crippen molar-refractivity contribution in [3.63, 3.8) is 0 Å². The van der Waals surface area contributed by atoms with Gasteiger partial charge in [-0.15, -0.1) is 20.4 Å². The zero-order valence-corrected chi connectivity index (χ0v) is 19.2. The van der Waals surface area contributed by atoms with Crippen LogP contribution in [0.15, 0.2) is 15.0 Å². The smallest absolute Gasteiger partial charge is 0.451 e. The van der Waals surface area contributed by atoms with Crippen LogP contribution in [-0.4, -0.2) is 29.0 Å². The lowest BCUT2D eigenvalue weighted by Gasteiger charge is -2.15. The number of hydrogen-bond acceptors (Lipinski definition) is 7. The van der Waals surface area contributed by atoms with E-state index in [2.05, 4.69) is 20.4 Å². The van der Waals surface area contributed by atoms with Gasteiger partial charge in [0, 0.05) is 19.6 Å². The first-order valence-electron chi connectivity index (χ1n) is 10.7. The van der Waals surface area contributed by atoms with Gasteiger partial charge in [0.1, 0.15) is 0 Å². The zero-order valence-electron chi connectivity index (χ0n) is 18.4. The average molecular weight is 476 g/mol. The quantitative estimate of drug-likeness (QED) is 0.341. The highest BCUT2D eigenvalue weighted by Crippen LogP contribution is 2.31. The summed E-state index contributed by atoms with van der Waals surface area (Å²) in [6, 6.07) is 0. The summed E-state index contributed by atoms with van der Waals surface area (Å²) in [7, 11) is 0. The Morgan fingerprint density at radius 3 is 1.97 bits per heavy atom. The summed E-state index contributed by atoms with van der Waals surface area (Å²) in [6.07, 6.45) is -0.602. The second-order valence-corrected chi connectivity index (χ2v) is 7.66. The maximum absolute atomic E-state index is 13.3. The maximum Gasteiger partial charge on any atom is 0.451 e. The molecule has 9 nitrogen and oxygen atoms in total. The SMILES string of the molecule is CCCCn1c(N=Nc2c(O)n(CCCC)c(=S)n(CCCC)c2=O)nnc1C(F)(F)F. The van der Waals surface area contributed by atoms with Gasteiger partial charge >= 0.3 is 6.18 Å². The van der Waals surface area contributed by atoms with Crippen LogP contribution >= 0.6 is 12.2 Å². The van der Waals surface area contributed by atoms with E-state index in [1.807, 2.05) is 20.8 Å². The number of unbranched alkanes of at least 4 members (excludes halogenated alkanes) is 3. The van der Waals surface area contributed by atoms with Crippen molar-refractivity contribution in [2.45, 2.75) is 85.1 Å². The standard InChI is InChI=1S/C19H28F3N7O2S/c1-4-7-10-27-14(30)13(15(31)28(18(27)32)11-8-5-2)23-25-17-26-24-16(19(20,21)22)29(17)12-9-6-3/h30H,4-12H2,1-3H3. The highest BCUT2D eigenvalue weighted by molar-refractivity contribution is 7.71. The molecule has 2 heterocycles. The number of aromatic hydroxyl groups is 1. The molecule has 0 unspecified atom stereocenters.